The molecule has 0 saturated heterocycles. The first-order valence-electron chi connectivity index (χ1n) is 27.5. The third kappa shape index (κ3) is 50.5. The minimum atomic E-state index is -0.783. The van der Waals surface area contributed by atoms with Gasteiger partial charge in [-0.15, -0.1) is 0 Å². The Morgan fingerprint density at radius 2 is 0.619 bits per heavy atom. The Kier molecular flexibility index (Phi) is 50.3. The molecule has 63 heavy (non-hydrogen) atoms. The van der Waals surface area contributed by atoms with E-state index in [2.05, 4.69) is 57.2 Å². The predicted molar refractivity (Wildman–Crippen MR) is 270 cm³/mol. The Bertz CT molecular complexity index is 1060. The molecule has 0 aromatic rings. The van der Waals surface area contributed by atoms with Gasteiger partial charge in [0.25, 0.3) is 0 Å². The van der Waals surface area contributed by atoms with Crippen LogP contribution < -0.4 is 0 Å². The molecular weight excluding hydrogens is 781 g/mol. The third-order valence-electron chi connectivity index (χ3n) is 12.1. The Hall–Kier alpha value is -2.37. The van der Waals surface area contributed by atoms with Gasteiger partial charge in [-0.05, 0) is 70.6 Å². The van der Waals surface area contributed by atoms with Crippen molar-refractivity contribution in [3.63, 3.8) is 0 Å². The first kappa shape index (κ1) is 60.6. The maximum Gasteiger partial charge on any atom is 0.306 e. The monoisotopic (exact) mass is 885 g/mol. The van der Waals surface area contributed by atoms with Crippen molar-refractivity contribution >= 4 is 17.9 Å². The molecule has 0 fully saturated rings. The van der Waals surface area contributed by atoms with Crippen molar-refractivity contribution in [1.82, 2.24) is 0 Å². The van der Waals surface area contributed by atoms with Gasteiger partial charge in [-0.3, -0.25) is 14.4 Å². The molecule has 1 unspecified atom stereocenters. The van der Waals surface area contributed by atoms with Gasteiger partial charge in [-0.25, -0.2) is 0 Å². The van der Waals surface area contributed by atoms with Crippen LogP contribution in [0.2, 0.25) is 0 Å². The van der Waals surface area contributed by atoms with E-state index < -0.39 is 6.10 Å². The Morgan fingerprint density at radius 3 is 1.00 bits per heavy atom. The number of carbonyl (C=O) groups is 3. The lowest BCUT2D eigenvalue weighted by Crippen LogP contribution is -2.30. The number of rotatable bonds is 50. The molecule has 0 bridgehead atoms. The molecule has 368 valence electrons. The second-order valence-corrected chi connectivity index (χ2v) is 18.5. The van der Waals surface area contributed by atoms with Crippen molar-refractivity contribution in [3.05, 3.63) is 36.5 Å². The van der Waals surface area contributed by atoms with Crippen LogP contribution in [0.4, 0.5) is 0 Å². The Balaban J connectivity index is 4.26. The molecule has 0 aliphatic rings. The van der Waals surface area contributed by atoms with Gasteiger partial charge in [0.15, 0.2) is 6.10 Å². The van der Waals surface area contributed by atoms with Crippen LogP contribution in [0.1, 0.15) is 290 Å². The van der Waals surface area contributed by atoms with Crippen LogP contribution in [0, 0.1) is 0 Å². The molecule has 6 heteroatoms. The summed E-state index contributed by atoms with van der Waals surface area (Å²) < 4.78 is 16.8. The van der Waals surface area contributed by atoms with Crippen molar-refractivity contribution in [3.8, 4) is 0 Å². The SMILES string of the molecule is CC/C=C\C/C=C\CCCCC(=O)OCC(COC(=O)CCCCCCCCCCCCCCCCCCCCC)OC(=O)CCCCCCCCC/C=C\CCCCCCCC. The van der Waals surface area contributed by atoms with E-state index in [1.165, 1.54) is 180 Å². The second kappa shape index (κ2) is 52.3. The minimum absolute atomic E-state index is 0.0809. The molecule has 0 spiro atoms. The molecule has 6 nitrogen and oxygen atoms in total. The summed E-state index contributed by atoms with van der Waals surface area (Å²) in [5, 5.41) is 0. The van der Waals surface area contributed by atoms with Crippen LogP contribution in [0.25, 0.3) is 0 Å². The van der Waals surface area contributed by atoms with Crippen LogP contribution >= 0.6 is 0 Å². The smallest absolute Gasteiger partial charge is 0.306 e. The van der Waals surface area contributed by atoms with Crippen molar-refractivity contribution < 1.29 is 28.6 Å². The number of allylic oxidation sites excluding steroid dienone is 6. The van der Waals surface area contributed by atoms with Crippen molar-refractivity contribution in [1.29, 1.82) is 0 Å². The summed E-state index contributed by atoms with van der Waals surface area (Å²) in [5.74, 6) is -0.911. The van der Waals surface area contributed by atoms with Gasteiger partial charge < -0.3 is 14.2 Å². The lowest BCUT2D eigenvalue weighted by atomic mass is 10.0. The quantitative estimate of drug-likeness (QED) is 0.0262. The zero-order valence-electron chi connectivity index (χ0n) is 42.1. The fourth-order valence-electron chi connectivity index (χ4n) is 8.01. The molecule has 0 aliphatic heterocycles. The molecule has 0 rings (SSSR count). The van der Waals surface area contributed by atoms with Gasteiger partial charge in [0, 0.05) is 19.3 Å². The van der Waals surface area contributed by atoms with Crippen molar-refractivity contribution in [2.24, 2.45) is 0 Å². The molecule has 0 amide bonds. The highest BCUT2D eigenvalue weighted by Crippen LogP contribution is 2.16. The second-order valence-electron chi connectivity index (χ2n) is 18.5. The average Bonchev–Trinajstić information content (AvgIpc) is 3.28. The number of hydrogen-bond donors (Lipinski definition) is 0. The van der Waals surface area contributed by atoms with E-state index in [0.717, 1.165) is 70.6 Å². The molecule has 1 atom stereocenters. The zero-order valence-corrected chi connectivity index (χ0v) is 42.1. The van der Waals surface area contributed by atoms with E-state index in [1.807, 2.05) is 0 Å². The summed E-state index contributed by atoms with van der Waals surface area (Å²) in [4.78, 5) is 37.9. The molecule has 0 saturated carbocycles. The highest BCUT2D eigenvalue weighted by atomic mass is 16.6. The maximum absolute atomic E-state index is 12.8. The summed E-state index contributed by atoms with van der Waals surface area (Å²) in [6, 6.07) is 0. The van der Waals surface area contributed by atoms with Crippen LogP contribution in [-0.2, 0) is 28.6 Å². The molecule has 0 heterocycles. The summed E-state index contributed by atoms with van der Waals surface area (Å²) >= 11 is 0. The lowest BCUT2D eigenvalue weighted by molar-refractivity contribution is -0.167. The summed E-state index contributed by atoms with van der Waals surface area (Å²) in [6.07, 6.45) is 61.5. The van der Waals surface area contributed by atoms with Crippen molar-refractivity contribution in [2.75, 3.05) is 13.2 Å². The fraction of sp³-hybridized carbons (Fsp3) is 0.842. The van der Waals surface area contributed by atoms with Gasteiger partial charge >= 0.3 is 17.9 Å². The predicted octanol–water partition coefficient (Wildman–Crippen LogP) is 18.1. The first-order valence-corrected chi connectivity index (χ1v) is 27.5. The van der Waals surface area contributed by atoms with E-state index >= 15 is 0 Å². The largest absolute Gasteiger partial charge is 0.462 e. The summed E-state index contributed by atoms with van der Waals surface area (Å²) in [6.45, 7) is 6.51. The highest BCUT2D eigenvalue weighted by molar-refractivity contribution is 5.71. The van der Waals surface area contributed by atoms with Gasteiger partial charge in [0.1, 0.15) is 13.2 Å². The molecular formula is C57H104O6. The van der Waals surface area contributed by atoms with E-state index in [0.29, 0.717) is 19.3 Å². The zero-order chi connectivity index (χ0) is 45.8. The standard InChI is InChI=1S/C57H104O6/c1-4-7-10-13-16-19-21-23-25-27-28-30-31-33-35-38-41-44-47-50-56(59)62-53-54(52-61-55(58)49-46-43-40-37-18-15-12-9-6-3)63-57(60)51-48-45-42-39-36-34-32-29-26-24-22-20-17-14-11-8-5-2/h9,12,18,24,26,37,54H,4-8,10-11,13-17,19-23,25,27-36,38-53H2,1-3H3/b12-9-,26-24-,37-18-. The van der Waals surface area contributed by atoms with Crippen LogP contribution in [0.3, 0.4) is 0 Å². The van der Waals surface area contributed by atoms with Gasteiger partial charge in [0.2, 0.25) is 0 Å². The normalized spacial score (nSPS) is 12.2. The lowest BCUT2D eigenvalue weighted by Gasteiger charge is -2.18. The molecule has 0 radical (unpaired) electrons. The molecule has 0 N–H and O–H groups in total. The molecule has 0 aliphatic carbocycles. The highest BCUT2D eigenvalue weighted by Gasteiger charge is 2.19. The number of unbranched alkanes of at least 4 members (excludes halogenated alkanes) is 33. The van der Waals surface area contributed by atoms with E-state index in [1.54, 1.807) is 0 Å². The van der Waals surface area contributed by atoms with Crippen LogP contribution in [0.5, 0.6) is 0 Å². The van der Waals surface area contributed by atoms with E-state index in [-0.39, 0.29) is 31.1 Å². The number of esters is 3. The number of hydrogen-bond acceptors (Lipinski definition) is 6. The number of carbonyl (C=O) groups excluding carboxylic acids is 3. The molecule has 0 aromatic carbocycles. The average molecular weight is 885 g/mol. The van der Waals surface area contributed by atoms with Crippen molar-refractivity contribution in [2.45, 2.75) is 297 Å². The Morgan fingerprint density at radius 1 is 0.333 bits per heavy atom. The van der Waals surface area contributed by atoms with Gasteiger partial charge in [0.05, 0.1) is 0 Å². The van der Waals surface area contributed by atoms with Gasteiger partial charge in [-0.1, -0.05) is 237 Å². The Labute approximate surface area is 391 Å². The first-order chi connectivity index (χ1) is 31.0. The number of ether oxygens (including phenoxy) is 3. The van der Waals surface area contributed by atoms with E-state index in [9.17, 15) is 14.4 Å². The summed E-state index contributed by atoms with van der Waals surface area (Å²) in [5.41, 5.74) is 0. The topological polar surface area (TPSA) is 78.9 Å². The van der Waals surface area contributed by atoms with E-state index in [4.69, 9.17) is 14.2 Å². The summed E-state index contributed by atoms with van der Waals surface area (Å²) in [7, 11) is 0. The minimum Gasteiger partial charge on any atom is -0.462 e. The molecule has 0 aromatic heterocycles. The third-order valence-corrected chi connectivity index (χ3v) is 12.1. The van der Waals surface area contributed by atoms with Crippen LogP contribution in [-0.4, -0.2) is 37.2 Å². The fourth-order valence-corrected chi connectivity index (χ4v) is 8.01. The van der Waals surface area contributed by atoms with Crippen LogP contribution in [0.15, 0.2) is 36.5 Å². The maximum atomic E-state index is 12.8. The van der Waals surface area contributed by atoms with Gasteiger partial charge in [-0.2, -0.15) is 0 Å².